The van der Waals surface area contributed by atoms with Crippen LogP contribution in [0.2, 0.25) is 0 Å². The normalized spacial score (nSPS) is 16.2. The fourth-order valence-corrected chi connectivity index (χ4v) is 2.92. The van der Waals surface area contributed by atoms with Crippen molar-refractivity contribution in [3.63, 3.8) is 0 Å². The van der Waals surface area contributed by atoms with E-state index in [-0.39, 0.29) is 17.9 Å². The van der Waals surface area contributed by atoms with E-state index < -0.39 is 0 Å². The maximum Gasteiger partial charge on any atom is 0.319 e. The molecule has 6 heteroatoms. The summed E-state index contributed by atoms with van der Waals surface area (Å²) in [6.07, 6.45) is 0. The standard InChI is InChI=1S/C19H22FN3O2/c20-16-6-8-17(9-7-16)22-19(24)21-14-18(15-4-2-1-3-5-15)23-10-12-25-13-11-23/h1-9,18H,10-14H2,(H2,21,22,24). The number of amides is 2. The van der Waals surface area contributed by atoms with E-state index in [1.165, 1.54) is 24.3 Å². The first-order chi connectivity index (χ1) is 12.2. The number of urea groups is 1. The van der Waals surface area contributed by atoms with Gasteiger partial charge in [0.05, 0.1) is 19.3 Å². The van der Waals surface area contributed by atoms with E-state index in [0.717, 1.165) is 18.7 Å². The highest BCUT2D eigenvalue weighted by atomic mass is 19.1. The molecule has 0 aromatic heterocycles. The van der Waals surface area contributed by atoms with E-state index in [0.29, 0.717) is 25.4 Å². The number of morpholine rings is 1. The Morgan fingerprint density at radius 1 is 1.08 bits per heavy atom. The molecular formula is C19H22FN3O2. The monoisotopic (exact) mass is 343 g/mol. The highest BCUT2D eigenvalue weighted by Gasteiger charge is 2.23. The number of halogens is 1. The van der Waals surface area contributed by atoms with E-state index in [1.54, 1.807) is 0 Å². The topological polar surface area (TPSA) is 53.6 Å². The number of rotatable bonds is 5. The van der Waals surface area contributed by atoms with Crippen LogP contribution in [0, 0.1) is 5.82 Å². The molecule has 1 unspecified atom stereocenters. The van der Waals surface area contributed by atoms with Gasteiger partial charge in [0.1, 0.15) is 5.82 Å². The predicted octanol–water partition coefficient (Wildman–Crippen LogP) is 3.02. The van der Waals surface area contributed by atoms with E-state index in [1.807, 2.05) is 18.2 Å². The zero-order valence-electron chi connectivity index (χ0n) is 14.0. The molecule has 2 aromatic rings. The summed E-state index contributed by atoms with van der Waals surface area (Å²) >= 11 is 0. The SMILES string of the molecule is O=C(NCC(c1ccccc1)N1CCOCC1)Nc1ccc(F)cc1. The number of nitrogens with zero attached hydrogens (tertiary/aromatic N) is 1. The van der Waals surface area contributed by atoms with Crippen LogP contribution in [0.4, 0.5) is 14.9 Å². The smallest absolute Gasteiger partial charge is 0.319 e. The predicted molar refractivity (Wildman–Crippen MR) is 95.0 cm³/mol. The molecule has 1 atom stereocenters. The van der Waals surface area contributed by atoms with Gasteiger partial charge in [-0.15, -0.1) is 0 Å². The Bertz CT molecular complexity index is 673. The average molecular weight is 343 g/mol. The van der Waals surface area contributed by atoms with Crippen molar-refractivity contribution in [1.29, 1.82) is 0 Å². The number of nitrogens with one attached hydrogen (secondary N) is 2. The Kier molecular flexibility index (Phi) is 5.98. The van der Waals surface area contributed by atoms with Crippen molar-refractivity contribution in [2.24, 2.45) is 0 Å². The van der Waals surface area contributed by atoms with Crippen LogP contribution in [-0.4, -0.2) is 43.8 Å². The first-order valence-electron chi connectivity index (χ1n) is 8.39. The molecule has 1 saturated heterocycles. The van der Waals surface area contributed by atoms with Crippen LogP contribution in [0.15, 0.2) is 54.6 Å². The third kappa shape index (κ3) is 5.01. The molecule has 5 nitrogen and oxygen atoms in total. The zero-order valence-corrected chi connectivity index (χ0v) is 14.0. The minimum Gasteiger partial charge on any atom is -0.379 e. The summed E-state index contributed by atoms with van der Waals surface area (Å²) in [6, 6.07) is 15.6. The van der Waals surface area contributed by atoms with Gasteiger partial charge in [0, 0.05) is 25.3 Å². The summed E-state index contributed by atoms with van der Waals surface area (Å²) in [5.41, 5.74) is 1.72. The van der Waals surface area contributed by atoms with Gasteiger partial charge in [-0.3, -0.25) is 4.90 Å². The van der Waals surface area contributed by atoms with E-state index in [4.69, 9.17) is 4.74 Å². The number of benzene rings is 2. The largest absolute Gasteiger partial charge is 0.379 e. The second-order valence-corrected chi connectivity index (χ2v) is 5.92. The fourth-order valence-electron chi connectivity index (χ4n) is 2.92. The Labute approximate surface area is 146 Å². The Morgan fingerprint density at radius 2 is 1.76 bits per heavy atom. The van der Waals surface area contributed by atoms with Crippen LogP contribution >= 0.6 is 0 Å². The molecule has 1 aliphatic rings. The quantitative estimate of drug-likeness (QED) is 0.877. The van der Waals surface area contributed by atoms with E-state index in [9.17, 15) is 9.18 Å². The van der Waals surface area contributed by atoms with Gasteiger partial charge in [-0.1, -0.05) is 30.3 Å². The fraction of sp³-hybridized carbons (Fsp3) is 0.316. The lowest BCUT2D eigenvalue weighted by molar-refractivity contribution is 0.0168. The van der Waals surface area contributed by atoms with Crippen molar-refractivity contribution in [3.8, 4) is 0 Å². The second kappa shape index (κ2) is 8.60. The van der Waals surface area contributed by atoms with Crippen molar-refractivity contribution in [1.82, 2.24) is 10.2 Å². The van der Waals surface area contributed by atoms with Crippen molar-refractivity contribution in [2.45, 2.75) is 6.04 Å². The minimum atomic E-state index is -0.331. The third-order valence-corrected chi connectivity index (χ3v) is 4.23. The number of hydrogen-bond donors (Lipinski definition) is 2. The maximum absolute atomic E-state index is 12.9. The lowest BCUT2D eigenvalue weighted by Gasteiger charge is -2.34. The molecule has 2 aromatic carbocycles. The van der Waals surface area contributed by atoms with Crippen LogP contribution in [0.5, 0.6) is 0 Å². The highest BCUT2D eigenvalue weighted by Crippen LogP contribution is 2.21. The van der Waals surface area contributed by atoms with Gasteiger partial charge in [-0.05, 0) is 29.8 Å². The van der Waals surface area contributed by atoms with Gasteiger partial charge >= 0.3 is 6.03 Å². The molecule has 1 aliphatic heterocycles. The second-order valence-electron chi connectivity index (χ2n) is 5.92. The first kappa shape index (κ1) is 17.4. The molecule has 1 heterocycles. The third-order valence-electron chi connectivity index (χ3n) is 4.23. The van der Waals surface area contributed by atoms with E-state index in [2.05, 4.69) is 27.7 Å². The molecule has 3 rings (SSSR count). The Balaban J connectivity index is 1.61. The maximum atomic E-state index is 12.9. The lowest BCUT2D eigenvalue weighted by atomic mass is 10.0. The Hall–Kier alpha value is -2.44. The number of hydrogen-bond acceptors (Lipinski definition) is 3. The minimum absolute atomic E-state index is 0.0871. The van der Waals surface area contributed by atoms with Gasteiger partial charge in [0.15, 0.2) is 0 Å². The summed E-state index contributed by atoms with van der Waals surface area (Å²) in [7, 11) is 0. The number of ether oxygens (including phenoxy) is 1. The first-order valence-corrected chi connectivity index (χ1v) is 8.39. The number of anilines is 1. The van der Waals surface area contributed by atoms with Crippen LogP contribution in [0.3, 0.4) is 0 Å². The van der Waals surface area contributed by atoms with Gasteiger partial charge in [0.2, 0.25) is 0 Å². The molecule has 1 fully saturated rings. The van der Waals surface area contributed by atoms with Crippen molar-refractivity contribution >= 4 is 11.7 Å². The van der Waals surface area contributed by atoms with Gasteiger partial charge < -0.3 is 15.4 Å². The van der Waals surface area contributed by atoms with Crippen molar-refractivity contribution < 1.29 is 13.9 Å². The summed E-state index contributed by atoms with van der Waals surface area (Å²) in [5.74, 6) is -0.331. The molecule has 0 spiro atoms. The average Bonchev–Trinajstić information content (AvgIpc) is 2.66. The van der Waals surface area contributed by atoms with Gasteiger partial charge in [0.25, 0.3) is 0 Å². The molecule has 0 bridgehead atoms. The molecule has 0 aliphatic carbocycles. The highest BCUT2D eigenvalue weighted by molar-refractivity contribution is 5.89. The summed E-state index contributed by atoms with van der Waals surface area (Å²) in [5, 5.41) is 5.63. The molecular weight excluding hydrogens is 321 g/mol. The number of carbonyl (C=O) groups excluding carboxylic acids is 1. The van der Waals surface area contributed by atoms with Crippen LogP contribution < -0.4 is 10.6 Å². The van der Waals surface area contributed by atoms with Crippen LogP contribution in [0.25, 0.3) is 0 Å². The van der Waals surface area contributed by atoms with Crippen molar-refractivity contribution in [3.05, 3.63) is 66.0 Å². The molecule has 0 radical (unpaired) electrons. The summed E-state index contributed by atoms with van der Waals surface area (Å²) in [4.78, 5) is 14.5. The van der Waals surface area contributed by atoms with Crippen molar-refractivity contribution in [2.75, 3.05) is 38.2 Å². The summed E-state index contributed by atoms with van der Waals surface area (Å²) in [6.45, 7) is 3.55. The molecule has 132 valence electrons. The molecule has 0 saturated carbocycles. The number of carbonyl (C=O) groups is 1. The summed E-state index contributed by atoms with van der Waals surface area (Å²) < 4.78 is 18.4. The van der Waals surface area contributed by atoms with E-state index >= 15 is 0 Å². The van der Waals surface area contributed by atoms with Gasteiger partial charge in [-0.25, -0.2) is 9.18 Å². The molecule has 2 amide bonds. The lowest BCUT2D eigenvalue weighted by Crippen LogP contribution is -2.44. The molecule has 25 heavy (non-hydrogen) atoms. The van der Waals surface area contributed by atoms with Crippen LogP contribution in [-0.2, 0) is 4.74 Å². The Morgan fingerprint density at radius 3 is 2.44 bits per heavy atom. The van der Waals surface area contributed by atoms with Crippen LogP contribution in [0.1, 0.15) is 11.6 Å². The molecule has 2 N–H and O–H groups in total. The van der Waals surface area contributed by atoms with Gasteiger partial charge in [-0.2, -0.15) is 0 Å². The zero-order chi connectivity index (χ0) is 17.5.